The van der Waals surface area contributed by atoms with Crippen LogP contribution in [0.5, 0.6) is 0 Å². The van der Waals surface area contributed by atoms with Gasteiger partial charge in [0.2, 0.25) is 0 Å². The van der Waals surface area contributed by atoms with Crippen LogP contribution in [0.4, 0.5) is 16.4 Å². The Morgan fingerprint density at radius 1 is 1.23 bits per heavy atom. The van der Waals surface area contributed by atoms with Crippen LogP contribution in [0.3, 0.4) is 0 Å². The molecule has 22 heavy (non-hydrogen) atoms. The maximum absolute atomic E-state index is 5.08. The van der Waals surface area contributed by atoms with Crippen LogP contribution in [0.15, 0.2) is 35.3 Å². The molecule has 1 N–H and O–H groups in total. The number of nitrogens with one attached hydrogen (secondary N) is 1. The molecule has 1 saturated heterocycles. The number of piperidine rings is 1. The number of hydrogen-bond donors (Lipinski definition) is 1. The molecule has 4 heteroatoms. The fourth-order valence-corrected chi connectivity index (χ4v) is 4.31. The second kappa shape index (κ2) is 5.52. The molecule has 2 aromatic rings. The normalized spacial score (nSPS) is 18.9. The Hall–Kier alpha value is -1.65. The molecule has 0 saturated carbocycles. The number of likely N-dealkylation sites (tertiary alicyclic amines) is 1. The molecule has 0 spiro atoms. The smallest absolute Gasteiger partial charge is 0.102 e. The fourth-order valence-electron chi connectivity index (χ4n) is 3.38. The van der Waals surface area contributed by atoms with Crippen molar-refractivity contribution in [3.05, 3.63) is 40.8 Å². The van der Waals surface area contributed by atoms with Gasteiger partial charge in [-0.25, -0.2) is 0 Å². The number of para-hydroxylation sites is 2. The van der Waals surface area contributed by atoms with Crippen LogP contribution in [-0.4, -0.2) is 30.7 Å². The van der Waals surface area contributed by atoms with Crippen molar-refractivity contribution in [2.24, 2.45) is 10.9 Å². The molecule has 3 nitrogen and oxygen atoms in total. The summed E-state index contributed by atoms with van der Waals surface area (Å²) in [5, 5.41) is 4.85. The standard InChI is InChI=1S/C18H21N3S/c1-12-11-14-17(13-7-9-21(2)10-8-13)19-15-5-3-4-6-16(15)20-18(14)22-12/h3-6,11,13,20H,7-10H2,1-2H3. The molecule has 1 aromatic carbocycles. The zero-order valence-corrected chi connectivity index (χ0v) is 13.9. The predicted octanol–water partition coefficient (Wildman–Crippen LogP) is 4.58. The van der Waals surface area contributed by atoms with Gasteiger partial charge in [-0.2, -0.15) is 0 Å². The Labute approximate surface area is 135 Å². The maximum atomic E-state index is 5.08. The van der Waals surface area contributed by atoms with Crippen molar-refractivity contribution in [2.45, 2.75) is 19.8 Å². The molecule has 114 valence electrons. The van der Waals surface area contributed by atoms with Gasteiger partial charge in [-0.05, 0) is 58.1 Å². The first-order valence-corrected chi connectivity index (χ1v) is 8.76. The highest BCUT2D eigenvalue weighted by atomic mass is 32.1. The second-order valence-corrected chi connectivity index (χ2v) is 7.57. The van der Waals surface area contributed by atoms with E-state index in [-0.39, 0.29) is 0 Å². The Bertz CT molecular complexity index is 724. The van der Waals surface area contributed by atoms with Crippen molar-refractivity contribution in [1.82, 2.24) is 4.90 Å². The van der Waals surface area contributed by atoms with Crippen molar-refractivity contribution < 1.29 is 0 Å². The van der Waals surface area contributed by atoms with E-state index >= 15 is 0 Å². The molecule has 2 aliphatic heterocycles. The van der Waals surface area contributed by atoms with E-state index in [9.17, 15) is 0 Å². The molecule has 3 heterocycles. The highest BCUT2D eigenvalue weighted by Gasteiger charge is 2.27. The van der Waals surface area contributed by atoms with Crippen LogP contribution in [0, 0.1) is 12.8 Å². The largest absolute Gasteiger partial charge is 0.345 e. The van der Waals surface area contributed by atoms with Gasteiger partial charge in [-0.1, -0.05) is 12.1 Å². The monoisotopic (exact) mass is 311 g/mol. The Morgan fingerprint density at radius 3 is 2.82 bits per heavy atom. The zero-order valence-electron chi connectivity index (χ0n) is 13.1. The second-order valence-electron chi connectivity index (χ2n) is 6.32. The average molecular weight is 311 g/mol. The molecule has 0 unspecified atom stereocenters. The molecule has 4 rings (SSSR count). The summed E-state index contributed by atoms with van der Waals surface area (Å²) in [7, 11) is 2.21. The van der Waals surface area contributed by atoms with Crippen LogP contribution in [-0.2, 0) is 0 Å². The first kappa shape index (κ1) is 14.0. The summed E-state index contributed by atoms with van der Waals surface area (Å²) in [5.74, 6) is 0.567. The topological polar surface area (TPSA) is 27.6 Å². The van der Waals surface area contributed by atoms with Gasteiger partial charge in [0.25, 0.3) is 0 Å². The number of hydrogen-bond acceptors (Lipinski definition) is 4. The number of nitrogens with zero attached hydrogens (tertiary/aromatic N) is 2. The number of fused-ring (bicyclic) bond motifs is 2. The lowest BCUT2D eigenvalue weighted by Gasteiger charge is -2.29. The number of aliphatic imine (C=N–C) groups is 1. The third kappa shape index (κ3) is 2.46. The summed E-state index contributed by atoms with van der Waals surface area (Å²) < 4.78 is 0. The van der Waals surface area contributed by atoms with Gasteiger partial charge in [-0.3, -0.25) is 4.99 Å². The summed E-state index contributed by atoms with van der Waals surface area (Å²) in [6.07, 6.45) is 2.40. The predicted molar refractivity (Wildman–Crippen MR) is 95.2 cm³/mol. The molecule has 2 aliphatic rings. The third-order valence-electron chi connectivity index (χ3n) is 4.63. The van der Waals surface area contributed by atoms with Gasteiger partial charge in [0.15, 0.2) is 0 Å². The van der Waals surface area contributed by atoms with E-state index in [1.54, 1.807) is 0 Å². The van der Waals surface area contributed by atoms with Crippen molar-refractivity contribution in [3.63, 3.8) is 0 Å². The molecule has 0 bridgehead atoms. The van der Waals surface area contributed by atoms with Crippen LogP contribution >= 0.6 is 11.3 Å². The number of rotatable bonds is 1. The van der Waals surface area contributed by atoms with Crippen molar-refractivity contribution in [2.75, 3.05) is 25.5 Å². The average Bonchev–Trinajstić information content (AvgIpc) is 2.80. The fraction of sp³-hybridized carbons (Fsp3) is 0.389. The lowest BCUT2D eigenvalue weighted by Crippen LogP contribution is -2.33. The van der Waals surface area contributed by atoms with Crippen molar-refractivity contribution >= 4 is 33.4 Å². The number of anilines is 2. The Morgan fingerprint density at radius 2 is 2.00 bits per heavy atom. The van der Waals surface area contributed by atoms with E-state index in [0.717, 1.165) is 24.5 Å². The zero-order chi connectivity index (χ0) is 15.1. The highest BCUT2D eigenvalue weighted by molar-refractivity contribution is 7.16. The third-order valence-corrected chi connectivity index (χ3v) is 5.60. The molecule has 1 fully saturated rings. The van der Waals surface area contributed by atoms with Gasteiger partial charge in [0.05, 0.1) is 17.1 Å². The first-order valence-electron chi connectivity index (χ1n) is 7.95. The lowest BCUT2D eigenvalue weighted by atomic mass is 9.88. The molecule has 0 amide bonds. The molecular weight excluding hydrogens is 290 g/mol. The summed E-state index contributed by atoms with van der Waals surface area (Å²) in [6, 6.07) is 10.7. The molecular formula is C18H21N3S. The van der Waals surface area contributed by atoms with Crippen LogP contribution in [0.25, 0.3) is 0 Å². The molecule has 1 aromatic heterocycles. The quantitative estimate of drug-likeness (QED) is 0.835. The van der Waals surface area contributed by atoms with Gasteiger partial charge < -0.3 is 10.2 Å². The molecule has 0 atom stereocenters. The van der Waals surface area contributed by atoms with Crippen LogP contribution < -0.4 is 5.32 Å². The minimum atomic E-state index is 0.567. The van der Waals surface area contributed by atoms with Gasteiger partial charge in [-0.15, -0.1) is 11.3 Å². The van der Waals surface area contributed by atoms with E-state index in [1.165, 1.54) is 34.0 Å². The van der Waals surface area contributed by atoms with Crippen LogP contribution in [0.1, 0.15) is 23.3 Å². The Kier molecular flexibility index (Phi) is 3.51. The summed E-state index contributed by atoms with van der Waals surface area (Å²) in [5.41, 5.74) is 4.78. The van der Waals surface area contributed by atoms with E-state index in [4.69, 9.17) is 4.99 Å². The minimum Gasteiger partial charge on any atom is -0.345 e. The SMILES string of the molecule is Cc1cc2c(s1)Nc1ccccc1N=C2C1CCN(C)CC1. The summed E-state index contributed by atoms with van der Waals surface area (Å²) in [6.45, 7) is 4.51. The van der Waals surface area contributed by atoms with Crippen molar-refractivity contribution in [3.8, 4) is 0 Å². The molecule has 0 aliphatic carbocycles. The maximum Gasteiger partial charge on any atom is 0.102 e. The summed E-state index contributed by atoms with van der Waals surface area (Å²) >= 11 is 1.83. The number of thiophene rings is 1. The highest BCUT2D eigenvalue weighted by Crippen LogP contribution is 2.40. The number of benzene rings is 1. The lowest BCUT2D eigenvalue weighted by molar-refractivity contribution is 0.252. The van der Waals surface area contributed by atoms with E-state index in [2.05, 4.69) is 54.5 Å². The molecule has 0 radical (unpaired) electrons. The van der Waals surface area contributed by atoms with E-state index in [0.29, 0.717) is 5.92 Å². The summed E-state index contributed by atoms with van der Waals surface area (Å²) in [4.78, 5) is 8.85. The van der Waals surface area contributed by atoms with E-state index < -0.39 is 0 Å². The van der Waals surface area contributed by atoms with Gasteiger partial charge >= 0.3 is 0 Å². The van der Waals surface area contributed by atoms with Gasteiger partial charge in [0, 0.05) is 16.4 Å². The number of aryl methyl sites for hydroxylation is 1. The van der Waals surface area contributed by atoms with Gasteiger partial charge in [0.1, 0.15) is 5.00 Å². The Balaban J connectivity index is 1.81. The first-order chi connectivity index (χ1) is 10.7. The van der Waals surface area contributed by atoms with E-state index in [1.807, 2.05) is 11.3 Å². The van der Waals surface area contributed by atoms with Crippen LogP contribution in [0.2, 0.25) is 0 Å². The van der Waals surface area contributed by atoms with Crippen molar-refractivity contribution in [1.29, 1.82) is 0 Å². The minimum absolute atomic E-state index is 0.567.